The van der Waals surface area contributed by atoms with Gasteiger partial charge in [0.05, 0.1) is 6.61 Å². The maximum atomic E-state index is 12.3. The predicted octanol–water partition coefficient (Wildman–Crippen LogP) is 2.56. The molecule has 0 amide bonds. The summed E-state index contributed by atoms with van der Waals surface area (Å²) in [6.07, 6.45) is 0. The first-order chi connectivity index (χ1) is 10.2. The van der Waals surface area contributed by atoms with E-state index in [-0.39, 0.29) is 17.9 Å². The molecule has 0 unspecified atom stereocenters. The molecule has 0 bridgehead atoms. The molecule has 0 aliphatic rings. The molecule has 0 fully saturated rings. The quantitative estimate of drug-likeness (QED) is 0.363. The number of ether oxygens (including phenoxy) is 1. The monoisotopic (exact) mass is 304 g/mol. The molecule has 1 aromatic carbocycles. The van der Waals surface area contributed by atoms with Gasteiger partial charge in [-0.15, -0.1) is 0 Å². The Labute approximate surface area is 132 Å². The van der Waals surface area contributed by atoms with E-state index in [1.165, 1.54) is 0 Å². The second kappa shape index (κ2) is 7.20. The number of esters is 1. The number of hydrazone groups is 1. The minimum absolute atomic E-state index is 0.0934. The molecule has 0 heterocycles. The van der Waals surface area contributed by atoms with Crippen molar-refractivity contribution >= 4 is 17.5 Å². The lowest BCUT2D eigenvalue weighted by Gasteiger charge is -2.29. The fraction of sp³-hybridized carbons (Fsp3) is 0.471. The number of carbonyl (C=O) groups is 2. The molecule has 0 radical (unpaired) electrons. The third kappa shape index (κ3) is 4.69. The molecule has 0 saturated heterocycles. The van der Waals surface area contributed by atoms with Crippen LogP contribution in [0.2, 0.25) is 0 Å². The molecule has 1 rings (SSSR count). The fourth-order valence-electron chi connectivity index (χ4n) is 1.54. The normalized spacial score (nSPS) is 12.0. The van der Waals surface area contributed by atoms with Crippen molar-refractivity contribution in [3.63, 3.8) is 0 Å². The topological polar surface area (TPSA) is 59.0 Å². The van der Waals surface area contributed by atoms with Crippen LogP contribution in [-0.4, -0.2) is 41.7 Å². The lowest BCUT2D eigenvalue weighted by Crippen LogP contribution is -2.37. The van der Waals surface area contributed by atoms with E-state index < -0.39 is 11.8 Å². The van der Waals surface area contributed by atoms with Gasteiger partial charge in [0.1, 0.15) is 5.71 Å². The minimum Gasteiger partial charge on any atom is -0.460 e. The van der Waals surface area contributed by atoms with Crippen molar-refractivity contribution < 1.29 is 14.3 Å². The van der Waals surface area contributed by atoms with Crippen LogP contribution in [0.1, 0.15) is 38.8 Å². The second-order valence-corrected chi connectivity index (χ2v) is 6.06. The first kappa shape index (κ1) is 17.9. The Kier molecular flexibility index (Phi) is 5.85. The van der Waals surface area contributed by atoms with E-state index in [1.54, 1.807) is 31.1 Å². The SMILES string of the molecule is CCOC(=O)C(=O)/C(=N/N(C)C(C)(C)C)c1ccc(C)cc1. The Morgan fingerprint density at radius 3 is 2.18 bits per heavy atom. The van der Waals surface area contributed by atoms with Gasteiger partial charge in [-0.25, -0.2) is 4.79 Å². The number of benzene rings is 1. The van der Waals surface area contributed by atoms with Gasteiger partial charge < -0.3 is 4.74 Å². The lowest BCUT2D eigenvalue weighted by atomic mass is 10.0. The van der Waals surface area contributed by atoms with Crippen molar-refractivity contribution in [1.29, 1.82) is 0 Å². The van der Waals surface area contributed by atoms with Gasteiger partial charge >= 0.3 is 5.97 Å². The summed E-state index contributed by atoms with van der Waals surface area (Å²) in [4.78, 5) is 24.1. The predicted molar refractivity (Wildman–Crippen MR) is 86.9 cm³/mol. The Hall–Kier alpha value is -2.17. The van der Waals surface area contributed by atoms with Gasteiger partial charge in [0.15, 0.2) is 0 Å². The molecule has 0 atom stereocenters. The molecular formula is C17H24N2O3. The highest BCUT2D eigenvalue weighted by Gasteiger charge is 2.26. The molecule has 0 saturated carbocycles. The van der Waals surface area contributed by atoms with Crippen LogP contribution in [0.15, 0.2) is 29.4 Å². The minimum atomic E-state index is -0.885. The Balaban J connectivity index is 3.27. The van der Waals surface area contributed by atoms with Gasteiger partial charge in [-0.2, -0.15) is 5.10 Å². The van der Waals surface area contributed by atoms with E-state index >= 15 is 0 Å². The van der Waals surface area contributed by atoms with E-state index in [0.717, 1.165) is 5.56 Å². The highest BCUT2D eigenvalue weighted by Crippen LogP contribution is 2.14. The van der Waals surface area contributed by atoms with E-state index in [1.807, 2.05) is 39.8 Å². The maximum absolute atomic E-state index is 12.3. The third-order valence-corrected chi connectivity index (χ3v) is 3.22. The van der Waals surface area contributed by atoms with Gasteiger partial charge in [0, 0.05) is 18.2 Å². The average molecular weight is 304 g/mol. The Morgan fingerprint density at radius 2 is 1.73 bits per heavy atom. The number of nitrogens with zero attached hydrogens (tertiary/aromatic N) is 2. The van der Waals surface area contributed by atoms with Gasteiger partial charge in [-0.3, -0.25) is 9.80 Å². The largest absolute Gasteiger partial charge is 0.460 e. The molecule has 120 valence electrons. The molecule has 0 spiro atoms. The zero-order chi connectivity index (χ0) is 16.9. The number of Topliss-reactive ketones (excluding diaryl/α,β-unsaturated/α-hetero) is 1. The van der Waals surface area contributed by atoms with Gasteiger partial charge in [0.2, 0.25) is 0 Å². The second-order valence-electron chi connectivity index (χ2n) is 6.06. The standard InChI is InChI=1S/C17H24N2O3/c1-7-22-16(21)15(20)14(18-19(6)17(3,4)5)13-10-8-12(2)9-11-13/h8-11H,7H2,1-6H3/b18-14+. The van der Waals surface area contributed by atoms with Crippen molar-refractivity contribution in [3.8, 4) is 0 Å². The van der Waals surface area contributed by atoms with E-state index in [0.29, 0.717) is 5.56 Å². The molecule has 1 aromatic rings. The first-order valence-corrected chi connectivity index (χ1v) is 7.27. The van der Waals surface area contributed by atoms with Crippen LogP contribution in [0.25, 0.3) is 0 Å². The zero-order valence-corrected chi connectivity index (χ0v) is 14.1. The molecule has 0 aromatic heterocycles. The summed E-state index contributed by atoms with van der Waals surface area (Å²) in [6.45, 7) is 9.68. The Bertz CT molecular complexity index is 569. The third-order valence-electron chi connectivity index (χ3n) is 3.22. The Morgan fingerprint density at radius 1 is 1.18 bits per heavy atom. The maximum Gasteiger partial charge on any atom is 0.381 e. The van der Waals surface area contributed by atoms with Crippen LogP contribution in [0, 0.1) is 6.92 Å². The summed E-state index contributed by atoms with van der Waals surface area (Å²) >= 11 is 0. The van der Waals surface area contributed by atoms with Gasteiger partial charge in [-0.1, -0.05) is 29.8 Å². The highest BCUT2D eigenvalue weighted by molar-refractivity contribution is 6.66. The van der Waals surface area contributed by atoms with Crippen LogP contribution >= 0.6 is 0 Å². The first-order valence-electron chi connectivity index (χ1n) is 7.27. The highest BCUT2D eigenvalue weighted by atomic mass is 16.5. The smallest absolute Gasteiger partial charge is 0.381 e. The average Bonchev–Trinajstić information content (AvgIpc) is 2.44. The van der Waals surface area contributed by atoms with Crippen molar-refractivity contribution in [2.75, 3.05) is 13.7 Å². The van der Waals surface area contributed by atoms with Crippen LogP contribution in [0.4, 0.5) is 0 Å². The van der Waals surface area contributed by atoms with E-state index in [2.05, 4.69) is 5.10 Å². The molecule has 22 heavy (non-hydrogen) atoms. The number of rotatable bonds is 5. The van der Waals surface area contributed by atoms with Crippen LogP contribution in [0.5, 0.6) is 0 Å². The van der Waals surface area contributed by atoms with E-state index in [4.69, 9.17) is 4.74 Å². The van der Waals surface area contributed by atoms with Crippen molar-refractivity contribution in [3.05, 3.63) is 35.4 Å². The van der Waals surface area contributed by atoms with Crippen LogP contribution < -0.4 is 0 Å². The number of hydrogen-bond donors (Lipinski definition) is 0. The number of hydrogen-bond acceptors (Lipinski definition) is 5. The summed E-state index contributed by atoms with van der Waals surface area (Å²) in [5.74, 6) is -1.62. The molecule has 0 aliphatic carbocycles. The summed E-state index contributed by atoms with van der Waals surface area (Å²) in [5, 5.41) is 6.02. The summed E-state index contributed by atoms with van der Waals surface area (Å²) in [5.41, 5.74) is 1.48. The number of ketones is 1. The fourth-order valence-corrected chi connectivity index (χ4v) is 1.54. The molecule has 5 heteroatoms. The summed E-state index contributed by atoms with van der Waals surface area (Å²) in [7, 11) is 1.77. The molecule has 0 aliphatic heterocycles. The number of aryl methyl sites for hydroxylation is 1. The van der Waals surface area contributed by atoms with Crippen molar-refractivity contribution in [2.24, 2.45) is 5.10 Å². The lowest BCUT2D eigenvalue weighted by molar-refractivity contribution is -0.150. The molecule has 0 N–H and O–H groups in total. The zero-order valence-electron chi connectivity index (χ0n) is 14.1. The molecular weight excluding hydrogens is 280 g/mol. The van der Waals surface area contributed by atoms with Crippen molar-refractivity contribution in [1.82, 2.24) is 5.01 Å². The van der Waals surface area contributed by atoms with Gasteiger partial charge in [-0.05, 0) is 34.6 Å². The summed E-state index contributed by atoms with van der Waals surface area (Å²) < 4.78 is 4.81. The van der Waals surface area contributed by atoms with Gasteiger partial charge in [0.25, 0.3) is 5.78 Å². The van der Waals surface area contributed by atoms with Crippen LogP contribution in [-0.2, 0) is 14.3 Å². The van der Waals surface area contributed by atoms with Crippen molar-refractivity contribution in [2.45, 2.75) is 40.2 Å². The summed E-state index contributed by atoms with van der Waals surface area (Å²) in [6, 6.07) is 7.31. The molecule has 5 nitrogen and oxygen atoms in total. The number of carbonyl (C=O) groups excluding carboxylic acids is 2. The van der Waals surface area contributed by atoms with Crippen LogP contribution in [0.3, 0.4) is 0 Å². The van der Waals surface area contributed by atoms with E-state index in [9.17, 15) is 9.59 Å².